The molecule has 0 bridgehead atoms. The second-order valence-corrected chi connectivity index (χ2v) is 6.56. The number of aromatic amines is 1. The SMILES string of the molecule is FC(F)(F)c1cc(-c2nc(-c3ccc4nc[nH]c4c3)no2)ccc1Oc1cccnc1. The van der Waals surface area contributed by atoms with E-state index in [1.165, 1.54) is 30.6 Å². The second kappa shape index (κ2) is 7.24. The van der Waals surface area contributed by atoms with Crippen molar-refractivity contribution in [3.05, 3.63) is 72.8 Å². The molecule has 2 aromatic carbocycles. The number of benzene rings is 2. The first-order chi connectivity index (χ1) is 15.0. The number of imidazole rings is 1. The van der Waals surface area contributed by atoms with Crippen LogP contribution < -0.4 is 4.74 Å². The van der Waals surface area contributed by atoms with E-state index in [1.807, 2.05) is 0 Å². The molecule has 0 aliphatic rings. The van der Waals surface area contributed by atoms with Crippen LogP contribution in [0, 0.1) is 0 Å². The predicted octanol–water partition coefficient (Wildman–Crippen LogP) is 5.49. The predicted molar refractivity (Wildman–Crippen MR) is 104 cm³/mol. The van der Waals surface area contributed by atoms with Gasteiger partial charge in [0, 0.05) is 17.3 Å². The number of nitrogens with zero attached hydrogens (tertiary/aromatic N) is 4. The van der Waals surface area contributed by atoms with Crippen molar-refractivity contribution in [3.8, 4) is 34.3 Å². The smallest absolute Gasteiger partial charge is 0.420 e. The Balaban J connectivity index is 1.50. The largest absolute Gasteiger partial charge is 0.455 e. The molecule has 5 rings (SSSR count). The molecule has 0 aliphatic heterocycles. The molecule has 154 valence electrons. The molecular weight excluding hydrogens is 411 g/mol. The summed E-state index contributed by atoms with van der Waals surface area (Å²) >= 11 is 0. The summed E-state index contributed by atoms with van der Waals surface area (Å²) in [5.74, 6) is 0.0394. The van der Waals surface area contributed by atoms with Crippen LogP contribution in [0.4, 0.5) is 13.2 Å². The molecule has 0 saturated heterocycles. The van der Waals surface area contributed by atoms with E-state index < -0.39 is 11.7 Å². The molecule has 0 spiro atoms. The van der Waals surface area contributed by atoms with Crippen molar-refractivity contribution in [1.82, 2.24) is 25.1 Å². The van der Waals surface area contributed by atoms with Gasteiger partial charge < -0.3 is 14.2 Å². The molecule has 0 saturated carbocycles. The van der Waals surface area contributed by atoms with Crippen LogP contribution in [0.3, 0.4) is 0 Å². The average molecular weight is 423 g/mol. The summed E-state index contributed by atoms with van der Waals surface area (Å²) in [6.45, 7) is 0. The number of halogens is 3. The van der Waals surface area contributed by atoms with Crippen molar-refractivity contribution >= 4 is 11.0 Å². The van der Waals surface area contributed by atoms with Gasteiger partial charge in [0.1, 0.15) is 11.5 Å². The highest BCUT2D eigenvalue weighted by Gasteiger charge is 2.35. The number of fused-ring (bicyclic) bond motifs is 1. The molecule has 0 radical (unpaired) electrons. The standard InChI is InChI=1S/C21H12F3N5O2/c22-21(23,24)15-8-13(4-6-18(15)30-14-2-1-7-25-10-14)20-28-19(29-31-20)12-3-5-16-17(9-12)27-11-26-16/h1-11H,(H,26,27). The first-order valence-corrected chi connectivity index (χ1v) is 9.04. The molecular formula is C21H12F3N5O2. The van der Waals surface area contributed by atoms with Crippen LogP contribution in [0.5, 0.6) is 11.5 Å². The summed E-state index contributed by atoms with van der Waals surface area (Å²) in [7, 11) is 0. The number of ether oxygens (including phenoxy) is 1. The molecule has 1 N–H and O–H groups in total. The Labute approximate surface area is 172 Å². The van der Waals surface area contributed by atoms with Gasteiger partial charge in [-0.15, -0.1) is 0 Å². The summed E-state index contributed by atoms with van der Waals surface area (Å²) in [6, 6.07) is 12.0. The number of rotatable bonds is 4. The third-order valence-electron chi connectivity index (χ3n) is 4.50. The van der Waals surface area contributed by atoms with Gasteiger partial charge in [0.05, 0.1) is 29.1 Å². The van der Waals surface area contributed by atoms with Crippen LogP contribution in [0.15, 0.2) is 71.8 Å². The third kappa shape index (κ3) is 3.70. The van der Waals surface area contributed by atoms with E-state index in [0.29, 0.717) is 5.56 Å². The van der Waals surface area contributed by atoms with Crippen molar-refractivity contribution in [2.45, 2.75) is 6.18 Å². The fourth-order valence-electron chi connectivity index (χ4n) is 3.04. The molecule has 0 unspecified atom stereocenters. The van der Waals surface area contributed by atoms with Crippen LogP contribution in [0.2, 0.25) is 0 Å². The quantitative estimate of drug-likeness (QED) is 0.411. The summed E-state index contributed by atoms with van der Waals surface area (Å²) in [6.07, 6.45) is -0.265. The van der Waals surface area contributed by atoms with Crippen LogP contribution in [0.25, 0.3) is 33.9 Å². The monoisotopic (exact) mass is 423 g/mol. The number of hydrogen-bond acceptors (Lipinski definition) is 6. The van der Waals surface area contributed by atoms with Crippen LogP contribution in [0.1, 0.15) is 5.56 Å². The Morgan fingerprint density at radius 3 is 2.68 bits per heavy atom. The minimum absolute atomic E-state index is 0.0434. The zero-order chi connectivity index (χ0) is 21.4. The van der Waals surface area contributed by atoms with Crippen LogP contribution in [-0.4, -0.2) is 25.1 Å². The molecule has 10 heteroatoms. The van der Waals surface area contributed by atoms with E-state index in [1.54, 1.807) is 30.6 Å². The number of pyridine rings is 1. The molecule has 3 aromatic heterocycles. The maximum Gasteiger partial charge on any atom is 0.420 e. The van der Waals surface area contributed by atoms with E-state index in [4.69, 9.17) is 9.26 Å². The van der Waals surface area contributed by atoms with Gasteiger partial charge in [0.2, 0.25) is 5.82 Å². The topological polar surface area (TPSA) is 89.7 Å². The van der Waals surface area contributed by atoms with Crippen LogP contribution in [-0.2, 0) is 6.18 Å². The van der Waals surface area contributed by atoms with Gasteiger partial charge in [-0.3, -0.25) is 4.98 Å². The van der Waals surface area contributed by atoms with Gasteiger partial charge in [0.25, 0.3) is 5.89 Å². The lowest BCUT2D eigenvalue weighted by Gasteiger charge is -2.14. The fraction of sp³-hybridized carbons (Fsp3) is 0.0476. The first-order valence-electron chi connectivity index (χ1n) is 9.04. The fourth-order valence-corrected chi connectivity index (χ4v) is 3.04. The van der Waals surface area contributed by atoms with Crippen molar-refractivity contribution in [3.63, 3.8) is 0 Å². The second-order valence-electron chi connectivity index (χ2n) is 6.56. The number of aromatic nitrogens is 5. The van der Waals surface area contributed by atoms with E-state index in [9.17, 15) is 13.2 Å². The Bertz CT molecular complexity index is 1360. The molecule has 3 heterocycles. The van der Waals surface area contributed by atoms with Crippen molar-refractivity contribution in [2.24, 2.45) is 0 Å². The zero-order valence-corrected chi connectivity index (χ0v) is 15.6. The molecule has 31 heavy (non-hydrogen) atoms. The highest BCUT2D eigenvalue weighted by Crippen LogP contribution is 2.40. The number of H-pyrrole nitrogens is 1. The van der Waals surface area contributed by atoms with Gasteiger partial charge in [-0.25, -0.2) is 4.98 Å². The Morgan fingerprint density at radius 2 is 1.87 bits per heavy atom. The Morgan fingerprint density at radius 1 is 1.00 bits per heavy atom. The zero-order valence-electron chi connectivity index (χ0n) is 15.6. The molecule has 7 nitrogen and oxygen atoms in total. The van der Waals surface area contributed by atoms with E-state index in [-0.39, 0.29) is 28.8 Å². The van der Waals surface area contributed by atoms with Gasteiger partial charge >= 0.3 is 6.18 Å². The summed E-state index contributed by atoms with van der Waals surface area (Å²) in [5, 5.41) is 3.89. The molecule has 0 atom stereocenters. The van der Waals surface area contributed by atoms with Gasteiger partial charge in [0.15, 0.2) is 0 Å². The van der Waals surface area contributed by atoms with Crippen molar-refractivity contribution < 1.29 is 22.4 Å². The minimum atomic E-state index is -4.65. The normalized spacial score (nSPS) is 11.7. The summed E-state index contributed by atoms with van der Waals surface area (Å²) < 4.78 is 51.6. The highest BCUT2D eigenvalue weighted by atomic mass is 19.4. The lowest BCUT2D eigenvalue weighted by molar-refractivity contribution is -0.138. The van der Waals surface area contributed by atoms with E-state index in [2.05, 4.69) is 25.1 Å². The molecule has 0 fully saturated rings. The third-order valence-corrected chi connectivity index (χ3v) is 4.50. The van der Waals surface area contributed by atoms with Gasteiger partial charge in [-0.2, -0.15) is 18.2 Å². The minimum Gasteiger partial charge on any atom is -0.455 e. The lowest BCUT2D eigenvalue weighted by Crippen LogP contribution is -2.07. The number of alkyl halides is 3. The number of hydrogen-bond donors (Lipinski definition) is 1. The van der Waals surface area contributed by atoms with Crippen molar-refractivity contribution in [1.29, 1.82) is 0 Å². The Kier molecular flexibility index (Phi) is 4.39. The maximum absolute atomic E-state index is 13.7. The highest BCUT2D eigenvalue weighted by molar-refractivity contribution is 5.80. The molecule has 0 aliphatic carbocycles. The van der Waals surface area contributed by atoms with Gasteiger partial charge in [-0.1, -0.05) is 5.16 Å². The average Bonchev–Trinajstić information content (AvgIpc) is 3.43. The summed E-state index contributed by atoms with van der Waals surface area (Å²) in [5.41, 5.74) is 1.34. The van der Waals surface area contributed by atoms with E-state index >= 15 is 0 Å². The first kappa shape index (κ1) is 18.8. The lowest BCUT2D eigenvalue weighted by atomic mass is 10.1. The molecule has 0 amide bonds. The summed E-state index contributed by atoms with van der Waals surface area (Å²) in [4.78, 5) is 15.2. The van der Waals surface area contributed by atoms with E-state index in [0.717, 1.165) is 17.1 Å². The molecule has 5 aromatic rings. The van der Waals surface area contributed by atoms with Gasteiger partial charge in [-0.05, 0) is 48.5 Å². The maximum atomic E-state index is 13.7. The Hall–Kier alpha value is -4.21. The van der Waals surface area contributed by atoms with Crippen LogP contribution >= 0.6 is 0 Å². The number of nitrogens with one attached hydrogen (secondary N) is 1. The van der Waals surface area contributed by atoms with Crippen molar-refractivity contribution in [2.75, 3.05) is 0 Å².